The van der Waals surface area contributed by atoms with Gasteiger partial charge in [0.15, 0.2) is 5.82 Å². The van der Waals surface area contributed by atoms with Crippen LogP contribution in [0.5, 0.6) is 5.75 Å². The molecule has 150 valence electrons. The predicted octanol–water partition coefficient (Wildman–Crippen LogP) is 4.20. The summed E-state index contributed by atoms with van der Waals surface area (Å²) in [6.45, 7) is 5.06. The molecule has 1 aliphatic rings. The highest BCUT2D eigenvalue weighted by molar-refractivity contribution is 5.91. The molecule has 2 aromatic carbocycles. The Morgan fingerprint density at radius 3 is 2.48 bits per heavy atom. The fourth-order valence-electron chi connectivity index (χ4n) is 3.83. The van der Waals surface area contributed by atoms with Crippen molar-refractivity contribution in [3.05, 3.63) is 60.4 Å². The summed E-state index contributed by atoms with van der Waals surface area (Å²) in [5.74, 6) is 2.03. The minimum Gasteiger partial charge on any atom is -0.497 e. The van der Waals surface area contributed by atoms with Crippen LogP contribution < -0.4 is 4.74 Å². The molecule has 0 aliphatic carbocycles. The van der Waals surface area contributed by atoms with Gasteiger partial charge in [-0.3, -0.25) is 4.79 Å². The summed E-state index contributed by atoms with van der Waals surface area (Å²) >= 11 is 0. The second-order valence-corrected chi connectivity index (χ2v) is 7.59. The van der Waals surface area contributed by atoms with Crippen molar-refractivity contribution in [2.75, 3.05) is 13.7 Å². The lowest BCUT2D eigenvalue weighted by Gasteiger charge is -2.37. The normalized spacial score (nSPS) is 19.2. The molecule has 6 nitrogen and oxygen atoms in total. The lowest BCUT2D eigenvalue weighted by atomic mass is 9.92. The first-order valence-electron chi connectivity index (χ1n) is 10.1. The van der Waals surface area contributed by atoms with Gasteiger partial charge in [0.05, 0.1) is 12.8 Å². The zero-order valence-electron chi connectivity index (χ0n) is 17.1. The summed E-state index contributed by atoms with van der Waals surface area (Å²) < 4.78 is 6.99. The van der Waals surface area contributed by atoms with Gasteiger partial charge in [-0.05, 0) is 49.9 Å². The van der Waals surface area contributed by atoms with Gasteiger partial charge in [0.2, 0.25) is 5.82 Å². The third-order valence-corrected chi connectivity index (χ3v) is 5.78. The second kappa shape index (κ2) is 8.07. The van der Waals surface area contributed by atoms with Crippen LogP contribution in [0, 0.1) is 5.92 Å². The smallest absolute Gasteiger partial charge is 0.293 e. The van der Waals surface area contributed by atoms with Crippen LogP contribution in [-0.4, -0.2) is 45.3 Å². The molecule has 0 saturated carbocycles. The molecular weight excluding hydrogens is 364 g/mol. The quantitative estimate of drug-likeness (QED) is 0.670. The summed E-state index contributed by atoms with van der Waals surface area (Å²) in [5.41, 5.74) is 1.74. The van der Waals surface area contributed by atoms with Crippen molar-refractivity contribution in [2.45, 2.75) is 32.7 Å². The molecule has 0 N–H and O–H groups in total. The molecule has 0 spiro atoms. The second-order valence-electron chi connectivity index (χ2n) is 7.59. The molecule has 1 amide bonds. The lowest BCUT2D eigenvalue weighted by Crippen LogP contribution is -2.46. The van der Waals surface area contributed by atoms with Crippen molar-refractivity contribution < 1.29 is 9.53 Å². The maximum Gasteiger partial charge on any atom is 0.293 e. The van der Waals surface area contributed by atoms with Gasteiger partial charge in [-0.1, -0.05) is 37.3 Å². The number of aromatic nitrogens is 3. The number of hydrogen-bond acceptors (Lipinski definition) is 4. The molecule has 0 bridgehead atoms. The zero-order chi connectivity index (χ0) is 20.4. The van der Waals surface area contributed by atoms with Crippen molar-refractivity contribution in [3.8, 4) is 22.8 Å². The van der Waals surface area contributed by atoms with E-state index in [9.17, 15) is 4.79 Å². The number of likely N-dealkylation sites (tertiary alicyclic amines) is 1. The molecule has 6 heteroatoms. The molecule has 1 saturated heterocycles. The number of benzene rings is 2. The third kappa shape index (κ3) is 3.75. The number of methoxy groups -OCH3 is 1. The Bertz CT molecular complexity index is 982. The number of nitrogens with zero attached hydrogens (tertiary/aromatic N) is 4. The largest absolute Gasteiger partial charge is 0.497 e. The van der Waals surface area contributed by atoms with E-state index in [2.05, 4.69) is 23.9 Å². The highest BCUT2D eigenvalue weighted by Crippen LogP contribution is 2.26. The van der Waals surface area contributed by atoms with E-state index in [4.69, 9.17) is 4.74 Å². The first-order valence-corrected chi connectivity index (χ1v) is 10.1. The summed E-state index contributed by atoms with van der Waals surface area (Å²) in [5, 5.41) is 4.62. The number of ether oxygens (including phenoxy) is 1. The van der Waals surface area contributed by atoms with Gasteiger partial charge < -0.3 is 9.64 Å². The minimum absolute atomic E-state index is 0.103. The SMILES string of the molecule is COc1ccc(-n2nc(C(=O)N3CCCC(C)C3C)nc2-c2ccccc2)cc1. The van der Waals surface area contributed by atoms with Gasteiger partial charge >= 0.3 is 0 Å². The van der Waals surface area contributed by atoms with E-state index in [1.54, 1.807) is 11.8 Å². The molecule has 0 radical (unpaired) electrons. The van der Waals surface area contributed by atoms with E-state index < -0.39 is 0 Å². The van der Waals surface area contributed by atoms with Gasteiger partial charge in [-0.2, -0.15) is 0 Å². The lowest BCUT2D eigenvalue weighted by molar-refractivity contribution is 0.0538. The molecule has 2 heterocycles. The Labute approximate surface area is 171 Å². The van der Waals surface area contributed by atoms with E-state index in [0.29, 0.717) is 11.7 Å². The van der Waals surface area contributed by atoms with Crippen LogP contribution in [0.15, 0.2) is 54.6 Å². The van der Waals surface area contributed by atoms with E-state index in [1.165, 1.54) is 0 Å². The van der Waals surface area contributed by atoms with Gasteiger partial charge in [0.25, 0.3) is 5.91 Å². The van der Waals surface area contributed by atoms with Crippen LogP contribution in [0.1, 0.15) is 37.3 Å². The number of carbonyl (C=O) groups is 1. The summed E-state index contributed by atoms with van der Waals surface area (Å²) in [7, 11) is 1.64. The van der Waals surface area contributed by atoms with Crippen LogP contribution in [0.25, 0.3) is 17.1 Å². The van der Waals surface area contributed by atoms with Crippen LogP contribution >= 0.6 is 0 Å². The van der Waals surface area contributed by atoms with E-state index in [0.717, 1.165) is 36.4 Å². The minimum atomic E-state index is -0.103. The Kier molecular flexibility index (Phi) is 5.34. The molecule has 29 heavy (non-hydrogen) atoms. The van der Waals surface area contributed by atoms with Crippen LogP contribution in [0.3, 0.4) is 0 Å². The Balaban J connectivity index is 1.76. The van der Waals surface area contributed by atoms with Crippen molar-refractivity contribution in [3.63, 3.8) is 0 Å². The Hall–Kier alpha value is -3.15. The highest BCUT2D eigenvalue weighted by Gasteiger charge is 2.31. The van der Waals surface area contributed by atoms with Crippen LogP contribution in [0.4, 0.5) is 0 Å². The molecule has 2 unspecified atom stereocenters. The van der Waals surface area contributed by atoms with Crippen molar-refractivity contribution in [1.29, 1.82) is 0 Å². The van der Waals surface area contributed by atoms with Crippen molar-refractivity contribution >= 4 is 5.91 Å². The number of piperidine rings is 1. The van der Waals surface area contributed by atoms with Crippen LogP contribution in [0.2, 0.25) is 0 Å². The average Bonchev–Trinajstić information content (AvgIpc) is 3.21. The van der Waals surface area contributed by atoms with Gasteiger partial charge in [0.1, 0.15) is 5.75 Å². The summed E-state index contributed by atoms with van der Waals surface area (Å²) in [6, 6.07) is 17.6. The topological polar surface area (TPSA) is 60.3 Å². The average molecular weight is 390 g/mol. The Morgan fingerprint density at radius 2 is 1.79 bits per heavy atom. The van der Waals surface area contributed by atoms with Gasteiger partial charge in [-0.25, -0.2) is 9.67 Å². The monoisotopic (exact) mass is 390 g/mol. The zero-order valence-corrected chi connectivity index (χ0v) is 17.1. The molecule has 4 rings (SSSR count). The molecule has 1 fully saturated rings. The first-order chi connectivity index (χ1) is 14.1. The summed E-state index contributed by atoms with van der Waals surface area (Å²) in [4.78, 5) is 19.8. The fourth-order valence-corrected chi connectivity index (χ4v) is 3.83. The maximum absolute atomic E-state index is 13.3. The predicted molar refractivity (Wildman–Crippen MR) is 112 cm³/mol. The summed E-state index contributed by atoms with van der Waals surface area (Å²) in [6.07, 6.45) is 2.16. The Morgan fingerprint density at radius 1 is 1.07 bits per heavy atom. The van der Waals surface area contributed by atoms with E-state index >= 15 is 0 Å². The third-order valence-electron chi connectivity index (χ3n) is 5.78. The van der Waals surface area contributed by atoms with E-state index in [1.807, 2.05) is 59.5 Å². The van der Waals surface area contributed by atoms with Gasteiger partial charge in [0, 0.05) is 18.2 Å². The number of carbonyl (C=O) groups excluding carboxylic acids is 1. The molecule has 1 aliphatic heterocycles. The molecule has 3 aromatic rings. The molecular formula is C23H26N4O2. The fraction of sp³-hybridized carbons (Fsp3) is 0.348. The van der Waals surface area contributed by atoms with Crippen LogP contribution in [-0.2, 0) is 0 Å². The number of rotatable bonds is 4. The first kappa shape index (κ1) is 19.2. The molecule has 1 aromatic heterocycles. The maximum atomic E-state index is 13.3. The van der Waals surface area contributed by atoms with E-state index in [-0.39, 0.29) is 17.8 Å². The number of hydrogen-bond donors (Lipinski definition) is 0. The number of amides is 1. The highest BCUT2D eigenvalue weighted by atomic mass is 16.5. The van der Waals surface area contributed by atoms with Crippen molar-refractivity contribution in [1.82, 2.24) is 19.7 Å². The van der Waals surface area contributed by atoms with Crippen molar-refractivity contribution in [2.24, 2.45) is 5.92 Å². The molecule has 2 atom stereocenters. The standard InChI is InChI=1S/C23H26N4O2/c1-16-8-7-15-26(17(16)2)23(28)21-24-22(18-9-5-4-6-10-18)27(25-21)19-11-13-20(29-3)14-12-19/h4-6,9-14,16-17H,7-8,15H2,1-3H3. The van der Waals surface area contributed by atoms with Gasteiger partial charge in [-0.15, -0.1) is 5.10 Å².